The molecule has 1 fully saturated rings. The van der Waals surface area contributed by atoms with E-state index in [0.717, 1.165) is 36.2 Å². The summed E-state index contributed by atoms with van der Waals surface area (Å²) in [6.45, 7) is 9.72. The molecule has 0 saturated carbocycles. The molecule has 1 aliphatic heterocycles. The van der Waals surface area contributed by atoms with Crippen LogP contribution in [0.3, 0.4) is 0 Å². The molecule has 0 bridgehead atoms. The Kier molecular flexibility index (Phi) is 6.99. The number of aromatic nitrogens is 6. The maximum atomic E-state index is 13.5. The number of nitrogens with zero attached hydrogens (tertiary/aromatic N) is 8. The number of hydrogen-bond donors (Lipinski definition) is 0. The normalized spacial score (nSPS) is 15.2. The summed E-state index contributed by atoms with van der Waals surface area (Å²) >= 11 is 1.51. The van der Waals surface area contributed by atoms with Crippen LogP contribution in [0.15, 0.2) is 48.1 Å². The molecule has 10 heteroatoms. The third-order valence-corrected chi connectivity index (χ3v) is 6.99. The minimum atomic E-state index is -0.227. The lowest BCUT2D eigenvalue weighted by atomic mass is 10.1. The summed E-state index contributed by atoms with van der Waals surface area (Å²) in [7, 11) is 0. The van der Waals surface area contributed by atoms with Gasteiger partial charge >= 0.3 is 0 Å². The van der Waals surface area contributed by atoms with Crippen molar-refractivity contribution in [1.82, 2.24) is 34.6 Å². The van der Waals surface area contributed by atoms with Crippen LogP contribution in [0, 0.1) is 5.92 Å². The Morgan fingerprint density at radius 1 is 1.03 bits per heavy atom. The standard InChI is InChI=1S/C22H28N8OS/c1-4-30-19(17-6-10-23-11-7-17)26-27-22(30)32-18(16(2)3)20(31)28-12-14-29(15-13-28)21-24-8-5-9-25-21/h5-11,16,18H,4,12-15H2,1-3H3. The number of thioether (sulfide) groups is 1. The van der Waals surface area contributed by atoms with Gasteiger partial charge in [0.1, 0.15) is 0 Å². The topological polar surface area (TPSA) is 92.9 Å². The van der Waals surface area contributed by atoms with Crippen molar-refractivity contribution in [2.75, 3.05) is 31.1 Å². The summed E-state index contributed by atoms with van der Waals surface area (Å²) in [6.07, 6.45) is 6.99. The van der Waals surface area contributed by atoms with Crippen molar-refractivity contribution in [3.63, 3.8) is 0 Å². The Labute approximate surface area is 192 Å². The van der Waals surface area contributed by atoms with Crippen molar-refractivity contribution < 1.29 is 4.79 Å². The minimum Gasteiger partial charge on any atom is -0.338 e. The minimum absolute atomic E-state index is 0.148. The molecule has 32 heavy (non-hydrogen) atoms. The second kappa shape index (κ2) is 10.1. The van der Waals surface area contributed by atoms with Gasteiger partial charge in [0.2, 0.25) is 11.9 Å². The van der Waals surface area contributed by atoms with Gasteiger partial charge in [-0.2, -0.15) is 0 Å². The molecule has 0 spiro atoms. The fourth-order valence-corrected chi connectivity index (χ4v) is 4.90. The first-order valence-corrected chi connectivity index (χ1v) is 11.8. The van der Waals surface area contributed by atoms with Crippen molar-refractivity contribution in [1.29, 1.82) is 0 Å². The zero-order chi connectivity index (χ0) is 22.5. The van der Waals surface area contributed by atoms with Crippen LogP contribution in [0.2, 0.25) is 0 Å². The van der Waals surface area contributed by atoms with Gasteiger partial charge in [0.25, 0.3) is 0 Å². The predicted molar refractivity (Wildman–Crippen MR) is 124 cm³/mol. The van der Waals surface area contributed by atoms with Crippen LogP contribution in [-0.2, 0) is 11.3 Å². The zero-order valence-corrected chi connectivity index (χ0v) is 19.4. The van der Waals surface area contributed by atoms with Crippen molar-refractivity contribution in [2.24, 2.45) is 5.92 Å². The largest absolute Gasteiger partial charge is 0.338 e. The van der Waals surface area contributed by atoms with E-state index in [2.05, 4.69) is 55.4 Å². The lowest BCUT2D eigenvalue weighted by Gasteiger charge is -2.36. The fourth-order valence-electron chi connectivity index (χ4n) is 3.72. The van der Waals surface area contributed by atoms with E-state index in [1.54, 1.807) is 24.8 Å². The molecular weight excluding hydrogens is 424 g/mol. The van der Waals surface area contributed by atoms with Crippen LogP contribution in [0.25, 0.3) is 11.4 Å². The molecule has 168 valence electrons. The highest BCUT2D eigenvalue weighted by Gasteiger charge is 2.32. The Bertz CT molecular complexity index is 1020. The summed E-state index contributed by atoms with van der Waals surface area (Å²) in [6, 6.07) is 5.65. The van der Waals surface area contributed by atoms with E-state index in [4.69, 9.17) is 0 Å². The third-order valence-electron chi connectivity index (χ3n) is 5.48. The summed E-state index contributed by atoms with van der Waals surface area (Å²) in [4.78, 5) is 30.3. The molecule has 4 rings (SSSR count). The highest BCUT2D eigenvalue weighted by atomic mass is 32.2. The van der Waals surface area contributed by atoms with Gasteiger partial charge in [-0.25, -0.2) is 9.97 Å². The number of pyridine rings is 1. The van der Waals surface area contributed by atoms with Crippen molar-refractivity contribution >= 4 is 23.6 Å². The summed E-state index contributed by atoms with van der Waals surface area (Å²) < 4.78 is 2.06. The molecule has 0 aliphatic carbocycles. The van der Waals surface area contributed by atoms with Gasteiger partial charge in [0.05, 0.1) is 5.25 Å². The van der Waals surface area contributed by atoms with Crippen LogP contribution in [0.1, 0.15) is 20.8 Å². The van der Waals surface area contributed by atoms with Gasteiger partial charge in [-0.1, -0.05) is 25.6 Å². The van der Waals surface area contributed by atoms with E-state index in [1.165, 1.54) is 11.8 Å². The first kappa shape index (κ1) is 22.2. The van der Waals surface area contributed by atoms with Crippen LogP contribution < -0.4 is 4.90 Å². The molecule has 1 atom stereocenters. The second-order valence-corrected chi connectivity index (χ2v) is 9.04. The Hall–Kier alpha value is -3.01. The van der Waals surface area contributed by atoms with Crippen LogP contribution in [-0.4, -0.2) is 72.0 Å². The highest BCUT2D eigenvalue weighted by molar-refractivity contribution is 8.00. The molecule has 0 N–H and O–H groups in total. The molecule has 3 aromatic heterocycles. The molecule has 1 saturated heterocycles. The molecule has 1 aliphatic rings. The number of carbonyl (C=O) groups is 1. The summed E-state index contributed by atoms with van der Waals surface area (Å²) in [5, 5.41) is 9.37. The molecule has 1 amide bonds. The summed E-state index contributed by atoms with van der Waals surface area (Å²) in [5.41, 5.74) is 0.966. The Morgan fingerprint density at radius 3 is 2.34 bits per heavy atom. The molecule has 0 aromatic carbocycles. The van der Waals surface area contributed by atoms with Gasteiger partial charge in [0.15, 0.2) is 11.0 Å². The van der Waals surface area contributed by atoms with E-state index in [-0.39, 0.29) is 17.1 Å². The average molecular weight is 453 g/mol. The van der Waals surface area contributed by atoms with Crippen LogP contribution in [0.4, 0.5) is 5.95 Å². The highest BCUT2D eigenvalue weighted by Crippen LogP contribution is 2.31. The number of piperazine rings is 1. The molecule has 9 nitrogen and oxygen atoms in total. The Balaban J connectivity index is 1.46. The van der Waals surface area contributed by atoms with E-state index in [9.17, 15) is 4.79 Å². The number of hydrogen-bond acceptors (Lipinski definition) is 8. The van der Waals surface area contributed by atoms with E-state index in [0.29, 0.717) is 19.0 Å². The predicted octanol–water partition coefficient (Wildman–Crippen LogP) is 2.62. The number of amides is 1. The van der Waals surface area contributed by atoms with Gasteiger partial charge in [-0.05, 0) is 31.0 Å². The van der Waals surface area contributed by atoms with E-state index in [1.807, 2.05) is 23.1 Å². The van der Waals surface area contributed by atoms with Crippen molar-refractivity contribution in [3.05, 3.63) is 43.0 Å². The smallest absolute Gasteiger partial charge is 0.236 e. The average Bonchev–Trinajstić information content (AvgIpc) is 3.26. The first-order chi connectivity index (χ1) is 15.6. The van der Waals surface area contributed by atoms with Crippen LogP contribution >= 0.6 is 11.8 Å². The first-order valence-electron chi connectivity index (χ1n) is 10.9. The summed E-state index contributed by atoms with van der Waals surface area (Å²) in [5.74, 6) is 1.82. The molecule has 4 heterocycles. The van der Waals surface area contributed by atoms with Crippen molar-refractivity contribution in [3.8, 4) is 11.4 Å². The van der Waals surface area contributed by atoms with Crippen LogP contribution in [0.5, 0.6) is 0 Å². The van der Waals surface area contributed by atoms with Gasteiger partial charge < -0.3 is 14.4 Å². The number of anilines is 1. The quantitative estimate of drug-likeness (QED) is 0.505. The molecule has 0 radical (unpaired) electrons. The van der Waals surface area contributed by atoms with E-state index >= 15 is 0 Å². The fraction of sp³-hybridized carbons (Fsp3) is 0.455. The lowest BCUT2D eigenvalue weighted by molar-refractivity contribution is -0.131. The monoisotopic (exact) mass is 452 g/mol. The van der Waals surface area contributed by atoms with Gasteiger partial charge in [-0.15, -0.1) is 10.2 Å². The molecule has 3 aromatic rings. The molecule has 1 unspecified atom stereocenters. The van der Waals surface area contributed by atoms with Gasteiger partial charge in [0, 0.05) is 63.1 Å². The zero-order valence-electron chi connectivity index (χ0n) is 18.6. The Morgan fingerprint density at radius 2 is 1.72 bits per heavy atom. The number of carbonyl (C=O) groups excluding carboxylic acids is 1. The van der Waals surface area contributed by atoms with E-state index < -0.39 is 0 Å². The van der Waals surface area contributed by atoms with Gasteiger partial charge in [-0.3, -0.25) is 9.78 Å². The lowest BCUT2D eigenvalue weighted by Crippen LogP contribution is -2.52. The number of rotatable bonds is 7. The maximum Gasteiger partial charge on any atom is 0.236 e. The molecular formula is C22H28N8OS. The SMILES string of the molecule is CCn1c(SC(C(=O)N2CCN(c3ncccn3)CC2)C(C)C)nnc1-c1ccncc1. The third kappa shape index (κ3) is 4.74. The maximum absolute atomic E-state index is 13.5. The second-order valence-electron chi connectivity index (χ2n) is 7.93. The van der Waals surface area contributed by atoms with Crippen molar-refractivity contribution in [2.45, 2.75) is 37.7 Å².